The van der Waals surface area contributed by atoms with Gasteiger partial charge in [0.1, 0.15) is 12.2 Å². The van der Waals surface area contributed by atoms with Crippen molar-refractivity contribution in [2.24, 2.45) is 11.8 Å². The third-order valence-electron chi connectivity index (χ3n) is 9.57. The molecule has 0 atom stereocenters. The number of hydrogen-bond acceptors (Lipinski definition) is 8. The summed E-state index contributed by atoms with van der Waals surface area (Å²) in [6, 6.07) is 14.3. The fraction of sp³-hybridized carbons (Fsp3) is 0.514. The van der Waals surface area contributed by atoms with Gasteiger partial charge in [0.25, 0.3) is 0 Å². The summed E-state index contributed by atoms with van der Waals surface area (Å²) in [5, 5.41) is 13.2. The van der Waals surface area contributed by atoms with Gasteiger partial charge in [-0.1, -0.05) is 12.1 Å². The molecule has 0 radical (unpaired) electrons. The zero-order valence-corrected chi connectivity index (χ0v) is 26.9. The quantitative estimate of drug-likeness (QED) is 0.267. The lowest BCUT2D eigenvalue weighted by atomic mass is 9.79. The second-order valence-corrected chi connectivity index (χ2v) is 13.6. The lowest BCUT2D eigenvalue weighted by Gasteiger charge is -2.36. The monoisotopic (exact) mass is 627 g/mol. The number of anilines is 1. The van der Waals surface area contributed by atoms with Gasteiger partial charge in [-0.05, 0) is 100.0 Å². The highest BCUT2D eigenvalue weighted by molar-refractivity contribution is 7.15. The van der Waals surface area contributed by atoms with E-state index in [1.807, 2.05) is 23.2 Å². The number of alkyl carbamates (subject to hydrolysis) is 1. The van der Waals surface area contributed by atoms with Crippen molar-refractivity contribution in [1.82, 2.24) is 15.3 Å². The summed E-state index contributed by atoms with van der Waals surface area (Å²) in [6.07, 6.45) is 10.5. The minimum Gasteiger partial charge on any atom is -0.494 e. The van der Waals surface area contributed by atoms with E-state index in [9.17, 15) is 14.9 Å². The van der Waals surface area contributed by atoms with Gasteiger partial charge in [-0.25, -0.2) is 14.8 Å². The van der Waals surface area contributed by atoms with Gasteiger partial charge in [-0.3, -0.25) is 4.79 Å². The maximum Gasteiger partial charge on any atom is 0.407 e. The van der Waals surface area contributed by atoms with E-state index in [1.165, 1.54) is 17.8 Å². The Kier molecular flexibility index (Phi) is 9.64. The van der Waals surface area contributed by atoms with Gasteiger partial charge in [0, 0.05) is 48.9 Å². The first-order valence-corrected chi connectivity index (χ1v) is 17.0. The minimum absolute atomic E-state index is 0.104. The topological polar surface area (TPSA) is 117 Å². The molecular weight excluding hydrogens is 586 g/mol. The number of carbonyl (C=O) groups is 2. The number of amides is 2. The van der Waals surface area contributed by atoms with Crippen LogP contribution in [-0.2, 0) is 9.53 Å². The number of benzene rings is 1. The molecule has 1 N–H and O–H groups in total. The lowest BCUT2D eigenvalue weighted by Crippen LogP contribution is -2.42. The van der Waals surface area contributed by atoms with Crippen LogP contribution in [0.3, 0.4) is 0 Å². The molecule has 236 valence electrons. The average molecular weight is 628 g/mol. The number of methoxy groups -OCH3 is 1. The standard InChI is InChI=1S/C35H41N5O4S/c1-37-35(42)44-28-14-12-25(13-15-28)34(41)40(27-5-3-4-26(18-27)32-20-38-33(45-32)24-10-11-24)21-22-6-8-23(9-7-22)29-16-17-31(43-2)30(19-36)39-29/h3-5,16-18,20,22-25,28H,6-15,21H2,1-2H3,(H,37,42). The first-order chi connectivity index (χ1) is 21.9. The van der Waals surface area contributed by atoms with Crippen LogP contribution in [0.25, 0.3) is 10.4 Å². The molecule has 45 heavy (non-hydrogen) atoms. The van der Waals surface area contributed by atoms with Gasteiger partial charge in [0.15, 0.2) is 11.4 Å². The highest BCUT2D eigenvalue weighted by Crippen LogP contribution is 2.44. The highest BCUT2D eigenvalue weighted by Gasteiger charge is 2.34. The van der Waals surface area contributed by atoms with Crippen LogP contribution in [-0.4, -0.2) is 48.8 Å². The van der Waals surface area contributed by atoms with E-state index in [0.717, 1.165) is 47.5 Å². The molecule has 0 spiro atoms. The van der Waals surface area contributed by atoms with Gasteiger partial charge in [0.05, 0.1) is 17.0 Å². The van der Waals surface area contributed by atoms with E-state index >= 15 is 0 Å². The Morgan fingerprint density at radius 1 is 1.02 bits per heavy atom. The third-order valence-corrected chi connectivity index (χ3v) is 10.8. The minimum atomic E-state index is -0.416. The van der Waals surface area contributed by atoms with E-state index in [0.29, 0.717) is 55.5 Å². The molecule has 3 aliphatic carbocycles. The molecule has 0 saturated heterocycles. The number of nitriles is 1. The van der Waals surface area contributed by atoms with E-state index in [-0.39, 0.29) is 23.8 Å². The summed E-state index contributed by atoms with van der Waals surface area (Å²) in [5.74, 6) is 1.82. The summed E-state index contributed by atoms with van der Waals surface area (Å²) in [6.45, 7) is 0.666. The average Bonchev–Trinajstić information content (AvgIpc) is 3.82. The van der Waals surface area contributed by atoms with Gasteiger partial charge < -0.3 is 19.7 Å². The van der Waals surface area contributed by atoms with E-state index in [1.54, 1.807) is 25.5 Å². The molecular formula is C35H41N5O4S. The molecule has 2 heterocycles. The molecule has 2 aromatic heterocycles. The fourth-order valence-corrected chi connectivity index (χ4v) is 7.86. The molecule has 2 amide bonds. The third kappa shape index (κ3) is 7.30. The van der Waals surface area contributed by atoms with Crippen LogP contribution in [0.15, 0.2) is 42.6 Å². The second-order valence-electron chi connectivity index (χ2n) is 12.6. The molecule has 9 nitrogen and oxygen atoms in total. The number of nitrogens with zero attached hydrogens (tertiary/aromatic N) is 4. The Hall–Kier alpha value is -3.97. The molecule has 3 fully saturated rings. The van der Waals surface area contributed by atoms with Gasteiger partial charge in [-0.2, -0.15) is 5.26 Å². The molecule has 0 aliphatic heterocycles. The smallest absolute Gasteiger partial charge is 0.407 e. The predicted molar refractivity (Wildman–Crippen MR) is 173 cm³/mol. The van der Waals surface area contributed by atoms with Crippen LogP contribution >= 0.6 is 11.3 Å². The summed E-state index contributed by atoms with van der Waals surface area (Å²) < 4.78 is 10.8. The molecule has 6 rings (SSSR count). The molecule has 3 aromatic rings. The van der Waals surface area contributed by atoms with Crippen molar-refractivity contribution < 1.29 is 19.1 Å². The number of thiazole rings is 1. The van der Waals surface area contributed by atoms with Crippen LogP contribution in [0.4, 0.5) is 10.5 Å². The molecule has 1 aromatic carbocycles. The van der Waals surface area contributed by atoms with Crippen LogP contribution in [0, 0.1) is 23.2 Å². The van der Waals surface area contributed by atoms with Crippen molar-refractivity contribution in [3.8, 4) is 22.3 Å². The van der Waals surface area contributed by atoms with Gasteiger partial charge >= 0.3 is 6.09 Å². The fourth-order valence-electron chi connectivity index (χ4n) is 6.78. The van der Waals surface area contributed by atoms with E-state index < -0.39 is 6.09 Å². The normalized spacial score (nSPS) is 23.0. The number of carbonyl (C=O) groups excluding carboxylic acids is 2. The first kappa shape index (κ1) is 31.0. The summed E-state index contributed by atoms with van der Waals surface area (Å²) in [7, 11) is 3.12. The van der Waals surface area contributed by atoms with Crippen molar-refractivity contribution >= 4 is 29.0 Å². The summed E-state index contributed by atoms with van der Waals surface area (Å²) in [5.41, 5.74) is 3.30. The Balaban J connectivity index is 1.18. The van der Waals surface area contributed by atoms with E-state index in [4.69, 9.17) is 9.47 Å². The molecule has 3 aliphatic rings. The number of aromatic nitrogens is 2. The number of nitrogens with one attached hydrogen (secondary N) is 1. The predicted octanol–water partition coefficient (Wildman–Crippen LogP) is 7.18. The molecule has 3 saturated carbocycles. The number of hydrogen-bond donors (Lipinski definition) is 1. The SMILES string of the molecule is CNC(=O)OC1CCC(C(=O)N(CC2CCC(c3ccc(OC)c(C#N)n3)CC2)c2cccc(-c3cnc(C4CC4)s3)c2)CC1. The largest absolute Gasteiger partial charge is 0.494 e. The van der Waals surface area contributed by atoms with Crippen molar-refractivity contribution in [2.75, 3.05) is 25.6 Å². The number of ether oxygens (including phenoxy) is 2. The summed E-state index contributed by atoms with van der Waals surface area (Å²) in [4.78, 5) is 38.5. The zero-order valence-electron chi connectivity index (χ0n) is 26.0. The molecule has 10 heteroatoms. The Morgan fingerprint density at radius 3 is 2.47 bits per heavy atom. The second kappa shape index (κ2) is 14.0. The lowest BCUT2D eigenvalue weighted by molar-refractivity contribution is -0.124. The Morgan fingerprint density at radius 2 is 1.78 bits per heavy atom. The number of pyridine rings is 1. The maximum atomic E-state index is 14.3. The van der Waals surface area contributed by atoms with Crippen molar-refractivity contribution in [3.63, 3.8) is 0 Å². The van der Waals surface area contributed by atoms with Crippen molar-refractivity contribution in [2.45, 2.75) is 82.1 Å². The van der Waals surface area contributed by atoms with Crippen molar-refractivity contribution in [3.05, 3.63) is 59.0 Å². The van der Waals surface area contributed by atoms with Gasteiger partial charge in [-0.15, -0.1) is 11.3 Å². The Labute approximate surface area is 269 Å². The zero-order chi connectivity index (χ0) is 31.3. The maximum absolute atomic E-state index is 14.3. The van der Waals surface area contributed by atoms with Crippen molar-refractivity contribution in [1.29, 1.82) is 5.26 Å². The first-order valence-electron chi connectivity index (χ1n) is 16.2. The summed E-state index contributed by atoms with van der Waals surface area (Å²) >= 11 is 1.76. The highest BCUT2D eigenvalue weighted by atomic mass is 32.1. The van der Waals surface area contributed by atoms with Crippen LogP contribution in [0.5, 0.6) is 5.75 Å². The van der Waals surface area contributed by atoms with Crippen LogP contribution in [0.1, 0.15) is 92.4 Å². The van der Waals surface area contributed by atoms with E-state index in [2.05, 4.69) is 45.6 Å². The Bertz CT molecular complexity index is 1550. The van der Waals surface area contributed by atoms with Crippen LogP contribution < -0.4 is 15.0 Å². The van der Waals surface area contributed by atoms with Crippen LogP contribution in [0.2, 0.25) is 0 Å². The molecule has 0 bridgehead atoms. The van der Waals surface area contributed by atoms with Gasteiger partial charge in [0.2, 0.25) is 5.91 Å². The molecule has 0 unspecified atom stereocenters. The number of rotatable bonds is 9.